The van der Waals surface area contributed by atoms with Crippen LogP contribution in [0.5, 0.6) is 0 Å². The SMILES string of the molecule is CC(C)=CCC/C(C)=C/CC/C(C)=C/CSCC(C=O)NC(N)=C1CC1.CNN. The van der Waals surface area contributed by atoms with Crippen LogP contribution in [-0.4, -0.2) is 30.9 Å². The van der Waals surface area contributed by atoms with Gasteiger partial charge in [-0.2, -0.15) is 11.8 Å². The standard InChI is InChI=1S/C22H36N2OS.CH6N2/c1-17(2)7-5-8-18(3)9-6-10-19(4)13-14-26-16-21(15-25)24-22(23)20-11-12-20;1-3-2/h7,9,13,15,21,24H,5-6,8,10-12,14,16,23H2,1-4H3;3H,2H2,1H3/b18-9+,19-13+;. The van der Waals surface area contributed by atoms with E-state index in [-0.39, 0.29) is 6.04 Å². The van der Waals surface area contributed by atoms with E-state index in [1.807, 2.05) is 0 Å². The topological polar surface area (TPSA) is 93.2 Å². The van der Waals surface area contributed by atoms with Crippen LogP contribution < -0.4 is 22.3 Å². The Morgan fingerprint density at radius 2 is 1.62 bits per heavy atom. The second-order valence-electron chi connectivity index (χ2n) is 7.69. The number of hydrazine groups is 1. The van der Waals surface area contributed by atoms with Gasteiger partial charge in [-0.3, -0.25) is 11.3 Å². The van der Waals surface area contributed by atoms with Crippen LogP contribution in [0.25, 0.3) is 0 Å². The average molecular weight is 423 g/mol. The molecule has 1 unspecified atom stereocenters. The number of hydrogen-bond donors (Lipinski definition) is 4. The number of thioether (sulfide) groups is 1. The van der Waals surface area contributed by atoms with Crippen molar-refractivity contribution in [1.29, 1.82) is 0 Å². The molecule has 6 N–H and O–H groups in total. The fourth-order valence-corrected chi connectivity index (χ4v) is 3.44. The summed E-state index contributed by atoms with van der Waals surface area (Å²) in [6.45, 7) is 8.72. The fraction of sp³-hybridized carbons (Fsp3) is 0.609. The number of carbonyl (C=O) groups is 1. The second kappa shape index (κ2) is 17.4. The van der Waals surface area contributed by atoms with E-state index < -0.39 is 0 Å². The van der Waals surface area contributed by atoms with Crippen LogP contribution >= 0.6 is 11.8 Å². The quantitative estimate of drug-likeness (QED) is 0.116. The number of hydrogen-bond acceptors (Lipinski definition) is 6. The molecule has 6 heteroatoms. The smallest absolute Gasteiger partial charge is 0.143 e. The maximum Gasteiger partial charge on any atom is 0.143 e. The third-order valence-electron chi connectivity index (χ3n) is 4.36. The third-order valence-corrected chi connectivity index (χ3v) is 5.35. The van der Waals surface area contributed by atoms with Crippen LogP contribution in [0.4, 0.5) is 0 Å². The minimum Gasteiger partial charge on any atom is -0.386 e. The van der Waals surface area contributed by atoms with Gasteiger partial charge in [-0.25, -0.2) is 0 Å². The van der Waals surface area contributed by atoms with Crippen molar-refractivity contribution in [2.24, 2.45) is 11.6 Å². The first-order valence-corrected chi connectivity index (χ1v) is 11.6. The molecule has 0 heterocycles. The van der Waals surface area contributed by atoms with Crippen LogP contribution in [0.2, 0.25) is 0 Å². The maximum absolute atomic E-state index is 11.1. The lowest BCUT2D eigenvalue weighted by Crippen LogP contribution is -2.35. The van der Waals surface area contributed by atoms with Gasteiger partial charge in [-0.05, 0) is 78.8 Å². The zero-order chi connectivity index (χ0) is 22.1. The molecule has 29 heavy (non-hydrogen) atoms. The molecular weight excluding hydrogens is 380 g/mol. The first-order valence-electron chi connectivity index (χ1n) is 10.4. The largest absolute Gasteiger partial charge is 0.386 e. The molecule has 0 spiro atoms. The Morgan fingerprint density at radius 3 is 2.14 bits per heavy atom. The first kappa shape index (κ1) is 27.5. The number of allylic oxidation sites excluding steroid dienone is 6. The number of carbonyl (C=O) groups excluding carboxylic acids is 1. The summed E-state index contributed by atoms with van der Waals surface area (Å²) in [6, 6.07) is -0.187. The molecule has 0 aromatic heterocycles. The van der Waals surface area contributed by atoms with Crippen LogP contribution in [0.3, 0.4) is 0 Å². The van der Waals surface area contributed by atoms with Crippen LogP contribution in [0, 0.1) is 0 Å². The van der Waals surface area contributed by atoms with Gasteiger partial charge in [-0.1, -0.05) is 34.9 Å². The molecule has 0 aromatic rings. The minimum absolute atomic E-state index is 0.187. The molecular formula is C23H42N4OS. The zero-order valence-corrected chi connectivity index (χ0v) is 19.8. The van der Waals surface area contributed by atoms with Crippen molar-refractivity contribution in [3.63, 3.8) is 0 Å². The number of nitrogens with two attached hydrogens (primary N) is 2. The average Bonchev–Trinajstić information content (AvgIpc) is 3.49. The predicted octanol–water partition coefficient (Wildman–Crippen LogP) is 4.34. The van der Waals surface area contributed by atoms with Crippen molar-refractivity contribution in [2.75, 3.05) is 18.6 Å². The van der Waals surface area contributed by atoms with Gasteiger partial charge in [0.05, 0.1) is 11.9 Å². The molecule has 0 aromatic carbocycles. The Bertz CT molecular complexity index is 584. The van der Waals surface area contributed by atoms with Crippen molar-refractivity contribution >= 4 is 18.0 Å². The Hall–Kier alpha value is -1.50. The van der Waals surface area contributed by atoms with Crippen molar-refractivity contribution < 1.29 is 4.79 Å². The molecule has 1 fully saturated rings. The summed E-state index contributed by atoms with van der Waals surface area (Å²) in [5.41, 5.74) is 13.7. The van der Waals surface area contributed by atoms with E-state index >= 15 is 0 Å². The van der Waals surface area contributed by atoms with Crippen molar-refractivity contribution in [1.82, 2.24) is 10.7 Å². The highest BCUT2D eigenvalue weighted by Crippen LogP contribution is 2.28. The Balaban J connectivity index is 0.00000245. The zero-order valence-electron chi connectivity index (χ0n) is 19.0. The van der Waals surface area contributed by atoms with Gasteiger partial charge in [-0.15, -0.1) is 0 Å². The summed E-state index contributed by atoms with van der Waals surface area (Å²) in [7, 11) is 1.65. The van der Waals surface area contributed by atoms with Crippen molar-refractivity contribution in [2.45, 2.75) is 72.3 Å². The molecule has 0 saturated heterocycles. The highest BCUT2D eigenvalue weighted by Gasteiger charge is 2.17. The van der Waals surface area contributed by atoms with Gasteiger partial charge < -0.3 is 15.8 Å². The van der Waals surface area contributed by atoms with Gasteiger partial charge in [0, 0.05) is 11.5 Å². The van der Waals surface area contributed by atoms with E-state index in [4.69, 9.17) is 5.73 Å². The van der Waals surface area contributed by atoms with E-state index in [9.17, 15) is 4.79 Å². The molecule has 166 valence electrons. The van der Waals surface area contributed by atoms with E-state index in [2.05, 4.69) is 62.5 Å². The van der Waals surface area contributed by atoms with E-state index in [0.29, 0.717) is 5.82 Å². The van der Waals surface area contributed by atoms with Crippen molar-refractivity contribution in [3.8, 4) is 0 Å². The molecule has 1 aliphatic carbocycles. The van der Waals surface area contributed by atoms with Crippen LogP contribution in [0.15, 0.2) is 46.3 Å². The summed E-state index contributed by atoms with van der Waals surface area (Å²) in [4.78, 5) is 11.1. The van der Waals surface area contributed by atoms with Gasteiger partial charge in [0.2, 0.25) is 0 Å². The normalized spacial score (nSPS) is 14.5. The summed E-state index contributed by atoms with van der Waals surface area (Å²) in [5, 5.41) is 3.12. The van der Waals surface area contributed by atoms with E-state index in [0.717, 1.165) is 56.3 Å². The highest BCUT2D eigenvalue weighted by molar-refractivity contribution is 7.99. The third kappa shape index (κ3) is 17.1. The Morgan fingerprint density at radius 1 is 1.07 bits per heavy atom. The molecule has 0 radical (unpaired) electrons. The molecule has 0 bridgehead atoms. The lowest BCUT2D eigenvalue weighted by atomic mass is 10.1. The highest BCUT2D eigenvalue weighted by atomic mass is 32.2. The summed E-state index contributed by atoms with van der Waals surface area (Å²) in [6.07, 6.45) is 14.6. The maximum atomic E-state index is 11.1. The molecule has 5 nitrogen and oxygen atoms in total. The number of aldehydes is 1. The molecule has 1 rings (SSSR count). The summed E-state index contributed by atoms with van der Waals surface area (Å²) < 4.78 is 0. The molecule has 0 aliphatic heterocycles. The first-order chi connectivity index (χ1) is 13.8. The number of rotatable bonds is 13. The number of nitrogens with one attached hydrogen (secondary N) is 2. The Labute approximate surface area is 182 Å². The van der Waals surface area contributed by atoms with Gasteiger partial charge in [0.25, 0.3) is 0 Å². The molecule has 1 atom stereocenters. The van der Waals surface area contributed by atoms with E-state index in [1.165, 1.54) is 22.3 Å². The predicted molar refractivity (Wildman–Crippen MR) is 129 cm³/mol. The lowest BCUT2D eigenvalue weighted by molar-refractivity contribution is -0.109. The van der Waals surface area contributed by atoms with Crippen LogP contribution in [0.1, 0.15) is 66.2 Å². The molecule has 0 amide bonds. The monoisotopic (exact) mass is 422 g/mol. The molecule has 1 aliphatic rings. The summed E-state index contributed by atoms with van der Waals surface area (Å²) >= 11 is 1.77. The fourth-order valence-electron chi connectivity index (χ4n) is 2.48. The Kier molecular flexibility index (Phi) is 16.5. The second-order valence-corrected chi connectivity index (χ2v) is 8.76. The molecule has 1 saturated carbocycles. The van der Waals surface area contributed by atoms with Crippen molar-refractivity contribution in [3.05, 3.63) is 46.3 Å². The van der Waals surface area contributed by atoms with Gasteiger partial charge in [0.1, 0.15) is 6.29 Å². The summed E-state index contributed by atoms with van der Waals surface area (Å²) in [5.74, 6) is 7.00. The van der Waals surface area contributed by atoms with E-state index in [1.54, 1.807) is 18.8 Å². The van der Waals surface area contributed by atoms with Gasteiger partial charge in [0.15, 0.2) is 0 Å². The minimum atomic E-state index is -0.187. The van der Waals surface area contributed by atoms with Crippen LogP contribution in [-0.2, 0) is 4.79 Å². The van der Waals surface area contributed by atoms with Gasteiger partial charge >= 0.3 is 0 Å². The lowest BCUT2D eigenvalue weighted by Gasteiger charge is -2.13.